The van der Waals surface area contributed by atoms with Crippen LogP contribution in [-0.2, 0) is 19.1 Å². The SMILES string of the molecule is COc1ccc(C(=O)COC(=O)CSC2CC(=O)N(c3ccc4cc[nH]c4c3)C2=O)cc1OC. The first kappa shape index (κ1) is 23.4. The summed E-state index contributed by atoms with van der Waals surface area (Å²) in [5.74, 6) is -1.06. The van der Waals surface area contributed by atoms with E-state index in [0.29, 0.717) is 22.7 Å². The molecule has 176 valence electrons. The van der Waals surface area contributed by atoms with Crippen LogP contribution in [0.1, 0.15) is 16.8 Å². The number of esters is 1. The molecule has 0 bridgehead atoms. The van der Waals surface area contributed by atoms with Crippen molar-refractivity contribution >= 4 is 51.9 Å². The number of nitrogens with zero attached hydrogens (tertiary/aromatic N) is 1. The second kappa shape index (κ2) is 10.0. The molecular formula is C24H22N2O7S. The minimum absolute atomic E-state index is 0.00980. The second-order valence-corrected chi connectivity index (χ2v) is 8.67. The van der Waals surface area contributed by atoms with Gasteiger partial charge in [-0.05, 0) is 41.8 Å². The third kappa shape index (κ3) is 4.76. The number of carbonyl (C=O) groups is 4. The van der Waals surface area contributed by atoms with Crippen molar-refractivity contribution in [2.45, 2.75) is 11.7 Å². The van der Waals surface area contributed by atoms with Crippen LogP contribution in [0, 0.1) is 0 Å². The summed E-state index contributed by atoms with van der Waals surface area (Å²) in [4.78, 5) is 54.0. The lowest BCUT2D eigenvalue weighted by Crippen LogP contribution is -2.31. The molecule has 2 heterocycles. The maximum absolute atomic E-state index is 12.8. The zero-order chi connectivity index (χ0) is 24.2. The number of aromatic nitrogens is 1. The van der Waals surface area contributed by atoms with Gasteiger partial charge in [0.25, 0.3) is 0 Å². The minimum Gasteiger partial charge on any atom is -0.493 e. The number of hydrogen-bond acceptors (Lipinski definition) is 8. The summed E-state index contributed by atoms with van der Waals surface area (Å²) in [6, 6.07) is 11.8. The van der Waals surface area contributed by atoms with Gasteiger partial charge in [-0.25, -0.2) is 4.90 Å². The topological polar surface area (TPSA) is 115 Å². The van der Waals surface area contributed by atoms with E-state index in [4.69, 9.17) is 14.2 Å². The van der Waals surface area contributed by atoms with Gasteiger partial charge in [0.05, 0.1) is 30.9 Å². The normalized spacial score (nSPS) is 15.6. The molecule has 1 fully saturated rings. The molecule has 4 rings (SSSR count). The number of fused-ring (bicyclic) bond motifs is 1. The van der Waals surface area contributed by atoms with Gasteiger partial charge in [-0.15, -0.1) is 11.8 Å². The Morgan fingerprint density at radius 3 is 2.62 bits per heavy atom. The molecule has 1 aliphatic rings. The summed E-state index contributed by atoms with van der Waals surface area (Å²) in [6.07, 6.45) is 1.77. The maximum atomic E-state index is 12.8. The van der Waals surface area contributed by atoms with E-state index in [2.05, 4.69) is 4.98 Å². The van der Waals surface area contributed by atoms with Crippen LogP contribution < -0.4 is 14.4 Å². The van der Waals surface area contributed by atoms with Crippen LogP contribution in [0.25, 0.3) is 10.9 Å². The van der Waals surface area contributed by atoms with Crippen LogP contribution in [0.5, 0.6) is 11.5 Å². The molecule has 0 aliphatic carbocycles. The van der Waals surface area contributed by atoms with Crippen molar-refractivity contribution in [1.29, 1.82) is 0 Å². The van der Waals surface area contributed by atoms with Gasteiger partial charge < -0.3 is 19.2 Å². The zero-order valence-electron chi connectivity index (χ0n) is 18.5. The number of anilines is 1. The van der Waals surface area contributed by atoms with Crippen LogP contribution in [0.15, 0.2) is 48.7 Å². The summed E-state index contributed by atoms with van der Waals surface area (Å²) >= 11 is 1.02. The van der Waals surface area contributed by atoms with Crippen LogP contribution in [-0.4, -0.2) is 60.4 Å². The molecule has 1 aromatic heterocycles. The van der Waals surface area contributed by atoms with Crippen molar-refractivity contribution in [3.63, 3.8) is 0 Å². The van der Waals surface area contributed by atoms with Gasteiger partial charge in [0.15, 0.2) is 23.9 Å². The van der Waals surface area contributed by atoms with E-state index in [-0.39, 0.29) is 24.0 Å². The van der Waals surface area contributed by atoms with Crippen molar-refractivity contribution in [1.82, 2.24) is 4.98 Å². The quantitative estimate of drug-likeness (QED) is 0.281. The Morgan fingerprint density at radius 2 is 1.85 bits per heavy atom. The summed E-state index contributed by atoms with van der Waals surface area (Å²) < 4.78 is 15.4. The molecule has 0 spiro atoms. The largest absolute Gasteiger partial charge is 0.493 e. The van der Waals surface area contributed by atoms with E-state index in [1.54, 1.807) is 30.5 Å². The van der Waals surface area contributed by atoms with E-state index >= 15 is 0 Å². The molecule has 2 amide bonds. The highest BCUT2D eigenvalue weighted by Crippen LogP contribution is 2.31. The Balaban J connectivity index is 1.30. The predicted molar refractivity (Wildman–Crippen MR) is 126 cm³/mol. The van der Waals surface area contributed by atoms with E-state index < -0.39 is 23.6 Å². The minimum atomic E-state index is -0.694. The number of amides is 2. The van der Waals surface area contributed by atoms with Crippen molar-refractivity contribution in [2.75, 3.05) is 31.5 Å². The first-order chi connectivity index (χ1) is 16.4. The first-order valence-electron chi connectivity index (χ1n) is 10.4. The van der Waals surface area contributed by atoms with Crippen molar-refractivity contribution in [3.05, 3.63) is 54.2 Å². The number of H-pyrrole nitrogens is 1. The summed E-state index contributed by atoms with van der Waals surface area (Å²) in [7, 11) is 2.94. The standard InChI is InChI=1S/C24H22N2O7S/c1-31-19-6-4-15(9-20(19)32-2)18(27)12-33-23(29)13-34-21-11-22(28)26(24(21)30)16-5-3-14-7-8-25-17(14)10-16/h3-10,21,25H,11-13H2,1-2H3. The van der Waals surface area contributed by atoms with E-state index in [9.17, 15) is 19.2 Å². The molecule has 1 aliphatic heterocycles. The van der Waals surface area contributed by atoms with Crippen molar-refractivity contribution in [3.8, 4) is 11.5 Å². The molecule has 1 N–H and O–H groups in total. The molecule has 34 heavy (non-hydrogen) atoms. The average Bonchev–Trinajstić information content (AvgIpc) is 3.43. The average molecular weight is 483 g/mol. The number of benzene rings is 2. The molecule has 10 heteroatoms. The number of methoxy groups -OCH3 is 2. The molecule has 9 nitrogen and oxygen atoms in total. The number of rotatable bonds is 9. The van der Waals surface area contributed by atoms with Gasteiger partial charge in [0, 0.05) is 23.7 Å². The highest BCUT2D eigenvalue weighted by molar-refractivity contribution is 8.01. The monoisotopic (exact) mass is 482 g/mol. The van der Waals surface area contributed by atoms with Gasteiger partial charge in [-0.1, -0.05) is 6.07 Å². The Kier molecular flexibility index (Phi) is 6.87. The van der Waals surface area contributed by atoms with Gasteiger partial charge >= 0.3 is 5.97 Å². The second-order valence-electron chi connectivity index (χ2n) is 7.47. The van der Waals surface area contributed by atoms with Gasteiger partial charge in [0.2, 0.25) is 11.8 Å². The van der Waals surface area contributed by atoms with Crippen LogP contribution in [0.2, 0.25) is 0 Å². The third-order valence-corrected chi connectivity index (χ3v) is 6.55. The number of carbonyl (C=O) groups excluding carboxylic acids is 4. The predicted octanol–water partition coefficient (Wildman–Crippen LogP) is 2.98. The molecule has 1 atom stereocenters. The lowest BCUT2D eigenvalue weighted by Gasteiger charge is -2.15. The number of nitrogens with one attached hydrogen (secondary N) is 1. The molecule has 1 saturated heterocycles. The Morgan fingerprint density at radius 1 is 1.06 bits per heavy atom. The zero-order valence-corrected chi connectivity index (χ0v) is 19.3. The number of aromatic amines is 1. The van der Waals surface area contributed by atoms with Crippen LogP contribution in [0.4, 0.5) is 5.69 Å². The number of ether oxygens (including phenoxy) is 3. The third-order valence-electron chi connectivity index (χ3n) is 5.37. The molecule has 2 aromatic carbocycles. The molecule has 0 saturated carbocycles. The smallest absolute Gasteiger partial charge is 0.316 e. The Bertz CT molecular complexity index is 1270. The fraction of sp³-hybridized carbons (Fsp3) is 0.250. The summed E-state index contributed by atoms with van der Waals surface area (Å²) in [6.45, 7) is -0.450. The first-order valence-corrected chi connectivity index (χ1v) is 11.4. The maximum Gasteiger partial charge on any atom is 0.316 e. The molecule has 0 radical (unpaired) electrons. The van der Waals surface area contributed by atoms with Crippen molar-refractivity contribution < 1.29 is 33.4 Å². The van der Waals surface area contributed by atoms with E-state index in [0.717, 1.165) is 27.6 Å². The van der Waals surface area contributed by atoms with Gasteiger partial charge in [-0.3, -0.25) is 19.2 Å². The fourth-order valence-corrected chi connectivity index (χ4v) is 4.56. The highest BCUT2D eigenvalue weighted by atomic mass is 32.2. The lowest BCUT2D eigenvalue weighted by molar-refractivity contribution is -0.139. The Hall–Kier alpha value is -3.79. The lowest BCUT2D eigenvalue weighted by atomic mass is 10.1. The highest BCUT2D eigenvalue weighted by Gasteiger charge is 2.40. The number of hydrogen-bond donors (Lipinski definition) is 1. The molecule has 3 aromatic rings. The van der Waals surface area contributed by atoms with Gasteiger partial charge in [-0.2, -0.15) is 0 Å². The number of imide groups is 1. The van der Waals surface area contributed by atoms with E-state index in [1.165, 1.54) is 20.3 Å². The molecular weight excluding hydrogens is 460 g/mol. The summed E-state index contributed by atoms with van der Waals surface area (Å²) in [5, 5.41) is 0.278. The molecule has 1 unspecified atom stereocenters. The van der Waals surface area contributed by atoms with E-state index in [1.807, 2.05) is 12.1 Å². The van der Waals surface area contributed by atoms with Gasteiger partial charge in [0.1, 0.15) is 0 Å². The van der Waals surface area contributed by atoms with Crippen LogP contribution >= 0.6 is 11.8 Å². The van der Waals surface area contributed by atoms with Crippen LogP contribution in [0.3, 0.4) is 0 Å². The fourth-order valence-electron chi connectivity index (χ4n) is 3.63. The number of Topliss-reactive ketones (excluding diaryl/α,β-unsaturated/α-hetero) is 1. The number of thioether (sulfide) groups is 1. The Labute approximate surface area is 199 Å². The van der Waals surface area contributed by atoms with Crippen molar-refractivity contribution in [2.24, 2.45) is 0 Å². The number of ketones is 1. The summed E-state index contributed by atoms with van der Waals surface area (Å²) in [5.41, 5.74) is 1.61.